The zero-order valence-corrected chi connectivity index (χ0v) is 16.0. The molecule has 0 fully saturated rings. The van der Waals surface area contributed by atoms with Gasteiger partial charge < -0.3 is 9.15 Å². The minimum Gasteiger partial charge on any atom is -0.484 e. The summed E-state index contributed by atoms with van der Waals surface area (Å²) in [4.78, 5) is 24.1. The first-order chi connectivity index (χ1) is 13.6. The number of hydrogen-bond donors (Lipinski definition) is 2. The Morgan fingerprint density at radius 2 is 1.71 bits per heavy atom. The summed E-state index contributed by atoms with van der Waals surface area (Å²) < 4.78 is 11.8. The molecule has 3 rings (SSSR count). The van der Waals surface area contributed by atoms with Crippen molar-refractivity contribution in [2.24, 2.45) is 0 Å². The fourth-order valence-electron chi connectivity index (χ4n) is 2.26. The lowest BCUT2D eigenvalue weighted by atomic mass is 10.2. The van der Waals surface area contributed by atoms with E-state index in [-0.39, 0.29) is 12.4 Å². The van der Waals surface area contributed by atoms with E-state index in [1.54, 1.807) is 54.6 Å². The first-order valence-electron chi connectivity index (χ1n) is 8.13. The third-order valence-corrected chi connectivity index (χ3v) is 4.19. The van der Waals surface area contributed by atoms with E-state index in [1.807, 2.05) is 6.07 Å². The second-order valence-corrected chi connectivity index (χ2v) is 6.49. The van der Waals surface area contributed by atoms with Crippen LogP contribution >= 0.6 is 15.9 Å². The number of amides is 2. The number of nitrogens with one attached hydrogen (secondary N) is 2. The molecule has 0 spiro atoms. The molecule has 0 radical (unpaired) electrons. The molecule has 3 aromatic rings. The van der Waals surface area contributed by atoms with Crippen molar-refractivity contribution in [1.29, 1.82) is 5.26 Å². The van der Waals surface area contributed by atoms with Crippen LogP contribution in [-0.4, -0.2) is 11.8 Å². The van der Waals surface area contributed by atoms with Gasteiger partial charge in [-0.15, -0.1) is 0 Å². The monoisotopic (exact) mass is 439 g/mol. The Kier molecular flexibility index (Phi) is 6.09. The predicted octanol–water partition coefficient (Wildman–Crippen LogP) is 3.57. The molecule has 140 valence electrons. The van der Waals surface area contributed by atoms with E-state index in [1.165, 1.54) is 6.07 Å². The van der Waals surface area contributed by atoms with Gasteiger partial charge in [-0.1, -0.05) is 28.1 Å². The van der Waals surface area contributed by atoms with Crippen LogP contribution in [-0.2, 0) is 6.61 Å². The number of carbonyl (C=O) groups excluding carboxylic acids is 2. The van der Waals surface area contributed by atoms with Crippen molar-refractivity contribution in [1.82, 2.24) is 10.9 Å². The van der Waals surface area contributed by atoms with Crippen LogP contribution in [0, 0.1) is 11.3 Å². The van der Waals surface area contributed by atoms with Crippen molar-refractivity contribution in [3.8, 4) is 11.8 Å². The summed E-state index contributed by atoms with van der Waals surface area (Å²) in [5.41, 5.74) is 5.41. The highest BCUT2D eigenvalue weighted by Crippen LogP contribution is 2.19. The van der Waals surface area contributed by atoms with Crippen molar-refractivity contribution in [3.63, 3.8) is 0 Å². The maximum absolute atomic E-state index is 12.1. The normalized spacial score (nSPS) is 10.0. The number of carbonyl (C=O) groups is 2. The number of halogens is 1. The average molecular weight is 440 g/mol. The number of nitriles is 1. The van der Waals surface area contributed by atoms with E-state index >= 15 is 0 Å². The Balaban J connectivity index is 1.54. The summed E-state index contributed by atoms with van der Waals surface area (Å²) in [6.45, 7) is 0.0528. The molecule has 0 aliphatic carbocycles. The van der Waals surface area contributed by atoms with Crippen molar-refractivity contribution >= 4 is 27.7 Å². The van der Waals surface area contributed by atoms with Crippen LogP contribution < -0.4 is 15.6 Å². The zero-order valence-electron chi connectivity index (χ0n) is 14.4. The summed E-state index contributed by atoms with van der Waals surface area (Å²) in [6, 6.07) is 18.6. The molecule has 28 heavy (non-hydrogen) atoms. The molecule has 2 aromatic carbocycles. The van der Waals surface area contributed by atoms with E-state index in [0.717, 1.165) is 4.47 Å². The molecule has 0 bridgehead atoms. The summed E-state index contributed by atoms with van der Waals surface area (Å²) in [5, 5.41) is 9.05. The second kappa shape index (κ2) is 8.88. The van der Waals surface area contributed by atoms with Crippen LogP contribution in [0.15, 0.2) is 69.6 Å². The minimum atomic E-state index is -0.603. The second-order valence-electron chi connectivity index (χ2n) is 5.58. The molecule has 1 aromatic heterocycles. The van der Waals surface area contributed by atoms with Crippen LogP contribution in [0.3, 0.4) is 0 Å². The van der Waals surface area contributed by atoms with Gasteiger partial charge in [-0.3, -0.25) is 20.4 Å². The molecule has 0 saturated carbocycles. The van der Waals surface area contributed by atoms with Crippen molar-refractivity contribution in [2.45, 2.75) is 6.61 Å². The number of ether oxygens (including phenoxy) is 1. The van der Waals surface area contributed by atoms with Gasteiger partial charge in [0.2, 0.25) is 0 Å². The summed E-state index contributed by atoms with van der Waals surface area (Å²) in [5.74, 6) is -0.215. The van der Waals surface area contributed by atoms with Crippen LogP contribution in [0.25, 0.3) is 0 Å². The van der Waals surface area contributed by atoms with E-state index in [9.17, 15) is 9.59 Å². The van der Waals surface area contributed by atoms with Gasteiger partial charge in [0.25, 0.3) is 5.91 Å². The highest BCUT2D eigenvalue weighted by Gasteiger charge is 2.13. The highest BCUT2D eigenvalue weighted by atomic mass is 79.9. The lowest BCUT2D eigenvalue weighted by molar-refractivity contribution is 0.0828. The molecule has 7 nitrogen and oxygen atoms in total. The lowest BCUT2D eigenvalue weighted by Crippen LogP contribution is -2.41. The Bertz CT molecular complexity index is 1040. The van der Waals surface area contributed by atoms with Gasteiger partial charge in [0.15, 0.2) is 5.76 Å². The summed E-state index contributed by atoms with van der Waals surface area (Å²) in [6.07, 6.45) is 0. The fourth-order valence-corrected chi connectivity index (χ4v) is 2.52. The van der Waals surface area contributed by atoms with Crippen LogP contribution in [0.1, 0.15) is 32.2 Å². The topological polar surface area (TPSA) is 104 Å². The fraction of sp³-hybridized carbons (Fsp3) is 0.0500. The number of rotatable bonds is 5. The molecule has 0 aliphatic heterocycles. The molecule has 2 amide bonds. The molecule has 2 N–H and O–H groups in total. The smallest absolute Gasteiger partial charge is 0.305 e. The Labute approximate surface area is 169 Å². The van der Waals surface area contributed by atoms with Gasteiger partial charge >= 0.3 is 5.91 Å². The maximum Gasteiger partial charge on any atom is 0.305 e. The van der Waals surface area contributed by atoms with Gasteiger partial charge in [0.05, 0.1) is 5.56 Å². The summed E-state index contributed by atoms with van der Waals surface area (Å²) >= 11 is 3.29. The molecule has 0 atom stereocenters. The van der Waals surface area contributed by atoms with Crippen LogP contribution in [0.2, 0.25) is 0 Å². The standard InChI is InChI=1S/C20H14BrN3O4/c21-15-7-5-13(6-8-15)19(25)23-24-20(26)18-10-9-16(28-18)12-27-17-4-2-1-3-14(17)11-22/h1-10H,12H2,(H,23,25)(H,24,26). The Morgan fingerprint density at radius 1 is 1.00 bits per heavy atom. The number of hydrazine groups is 1. The van der Waals surface area contributed by atoms with Crippen LogP contribution in [0.4, 0.5) is 0 Å². The maximum atomic E-state index is 12.1. The first kappa shape index (κ1) is 19.2. The van der Waals surface area contributed by atoms with Gasteiger partial charge in [0, 0.05) is 10.0 Å². The quantitative estimate of drug-likeness (QED) is 0.591. The number of para-hydroxylation sites is 1. The molecule has 0 aliphatic rings. The third kappa shape index (κ3) is 4.78. The number of hydrogen-bond acceptors (Lipinski definition) is 5. The van der Waals surface area contributed by atoms with Gasteiger partial charge in [0.1, 0.15) is 24.2 Å². The molecule has 8 heteroatoms. The summed E-state index contributed by atoms with van der Waals surface area (Å²) in [7, 11) is 0. The molecule has 0 saturated heterocycles. The van der Waals surface area contributed by atoms with E-state index < -0.39 is 11.8 Å². The predicted molar refractivity (Wildman–Crippen MR) is 103 cm³/mol. The van der Waals surface area contributed by atoms with Crippen molar-refractivity contribution in [2.75, 3.05) is 0 Å². The minimum absolute atomic E-state index is 0.0169. The van der Waals surface area contributed by atoms with Gasteiger partial charge in [-0.05, 0) is 48.5 Å². The SMILES string of the molecule is N#Cc1ccccc1OCc1ccc(C(=O)NNC(=O)c2ccc(Br)cc2)o1. The van der Waals surface area contributed by atoms with E-state index in [4.69, 9.17) is 14.4 Å². The van der Waals surface area contributed by atoms with E-state index in [0.29, 0.717) is 22.6 Å². The first-order valence-corrected chi connectivity index (χ1v) is 8.93. The third-order valence-electron chi connectivity index (χ3n) is 3.66. The number of nitrogens with zero attached hydrogens (tertiary/aromatic N) is 1. The average Bonchev–Trinajstić information content (AvgIpc) is 3.20. The van der Waals surface area contributed by atoms with Gasteiger partial charge in [-0.25, -0.2) is 0 Å². The van der Waals surface area contributed by atoms with Gasteiger partial charge in [-0.2, -0.15) is 5.26 Å². The Hall–Kier alpha value is -3.57. The Morgan fingerprint density at radius 3 is 2.46 bits per heavy atom. The zero-order chi connectivity index (χ0) is 19.9. The molecule has 0 unspecified atom stereocenters. The lowest BCUT2D eigenvalue weighted by Gasteiger charge is -2.07. The van der Waals surface area contributed by atoms with E-state index in [2.05, 4.69) is 26.8 Å². The van der Waals surface area contributed by atoms with Crippen molar-refractivity contribution in [3.05, 3.63) is 87.8 Å². The number of benzene rings is 2. The van der Waals surface area contributed by atoms with Crippen molar-refractivity contribution < 1.29 is 18.7 Å². The highest BCUT2D eigenvalue weighted by molar-refractivity contribution is 9.10. The molecular formula is C20H14BrN3O4. The largest absolute Gasteiger partial charge is 0.484 e. The van der Waals surface area contributed by atoms with Crippen LogP contribution in [0.5, 0.6) is 5.75 Å². The number of furan rings is 1. The molecular weight excluding hydrogens is 426 g/mol. The molecule has 1 heterocycles.